The minimum Gasteiger partial charge on any atom is -0.489 e. The van der Waals surface area contributed by atoms with Gasteiger partial charge in [0.2, 0.25) is 0 Å². The lowest BCUT2D eigenvalue weighted by atomic mass is 9.97. The van der Waals surface area contributed by atoms with E-state index in [-0.39, 0.29) is 30.2 Å². The molecule has 0 bridgehead atoms. The minimum atomic E-state index is -0.295. The lowest BCUT2D eigenvalue weighted by Gasteiger charge is -2.31. The summed E-state index contributed by atoms with van der Waals surface area (Å²) >= 11 is 0. The molecule has 3 aromatic rings. The summed E-state index contributed by atoms with van der Waals surface area (Å²) in [5.74, 6) is 0.244. The van der Waals surface area contributed by atoms with Gasteiger partial charge in [0.1, 0.15) is 17.9 Å². The van der Waals surface area contributed by atoms with E-state index in [1.54, 1.807) is 11.8 Å². The molecule has 0 radical (unpaired) electrons. The fourth-order valence-corrected chi connectivity index (χ4v) is 3.84. The van der Waals surface area contributed by atoms with Crippen LogP contribution in [0.3, 0.4) is 0 Å². The molecule has 1 aliphatic rings. The first kappa shape index (κ1) is 20.0. The van der Waals surface area contributed by atoms with Gasteiger partial charge in [0.05, 0.1) is 12.5 Å². The van der Waals surface area contributed by atoms with Gasteiger partial charge in [-0.05, 0) is 38.0 Å². The van der Waals surface area contributed by atoms with E-state index in [0.29, 0.717) is 25.3 Å². The summed E-state index contributed by atoms with van der Waals surface area (Å²) < 4.78 is 17.0. The minimum absolute atomic E-state index is 0.216. The van der Waals surface area contributed by atoms with E-state index in [9.17, 15) is 9.59 Å². The molecule has 0 spiro atoms. The zero-order valence-electron chi connectivity index (χ0n) is 17.0. The number of piperidine rings is 1. The van der Waals surface area contributed by atoms with E-state index >= 15 is 0 Å². The standard InChI is InChI=1S/C24H25NO5/c1-2-28-24(27)17-9-8-14-25(15-17)23(26)22-20(16-29-18-10-4-3-5-11-18)19-12-6-7-13-21(19)30-22/h3-7,10-13,17H,2,8-9,14-16H2,1H3/t17-/m0/s1. The van der Waals surface area contributed by atoms with Gasteiger partial charge in [-0.3, -0.25) is 9.59 Å². The highest BCUT2D eigenvalue weighted by Crippen LogP contribution is 2.29. The highest BCUT2D eigenvalue weighted by Gasteiger charge is 2.32. The molecular weight excluding hydrogens is 382 g/mol. The van der Waals surface area contributed by atoms with Crippen molar-refractivity contribution in [1.29, 1.82) is 0 Å². The molecule has 6 nitrogen and oxygen atoms in total. The van der Waals surface area contributed by atoms with Crippen molar-refractivity contribution in [1.82, 2.24) is 4.90 Å². The van der Waals surface area contributed by atoms with Crippen LogP contribution in [0.25, 0.3) is 11.0 Å². The average molecular weight is 407 g/mol. The molecule has 4 rings (SSSR count). The lowest BCUT2D eigenvalue weighted by Crippen LogP contribution is -2.43. The molecule has 1 fully saturated rings. The zero-order valence-corrected chi connectivity index (χ0v) is 17.0. The summed E-state index contributed by atoms with van der Waals surface area (Å²) in [5, 5.41) is 0.857. The van der Waals surface area contributed by atoms with Crippen LogP contribution in [0.5, 0.6) is 5.75 Å². The van der Waals surface area contributed by atoms with Crippen molar-refractivity contribution >= 4 is 22.8 Å². The lowest BCUT2D eigenvalue weighted by molar-refractivity contribution is -0.149. The number of ether oxygens (including phenoxy) is 2. The molecule has 2 heterocycles. The van der Waals surface area contributed by atoms with E-state index < -0.39 is 0 Å². The molecule has 0 saturated carbocycles. The van der Waals surface area contributed by atoms with Gasteiger partial charge in [0, 0.05) is 24.0 Å². The van der Waals surface area contributed by atoms with Gasteiger partial charge >= 0.3 is 5.97 Å². The van der Waals surface area contributed by atoms with Crippen molar-refractivity contribution in [2.45, 2.75) is 26.4 Å². The summed E-state index contributed by atoms with van der Waals surface area (Å²) in [6.45, 7) is 3.28. The number of fused-ring (bicyclic) bond motifs is 1. The van der Waals surface area contributed by atoms with Crippen molar-refractivity contribution in [3.63, 3.8) is 0 Å². The molecule has 156 valence electrons. The Morgan fingerprint density at radius 3 is 2.67 bits per heavy atom. The highest BCUT2D eigenvalue weighted by molar-refractivity contribution is 5.99. The van der Waals surface area contributed by atoms with Crippen LogP contribution in [0.1, 0.15) is 35.9 Å². The van der Waals surface area contributed by atoms with E-state index in [1.807, 2.05) is 54.6 Å². The maximum Gasteiger partial charge on any atom is 0.310 e. The number of carbonyl (C=O) groups excluding carboxylic acids is 2. The topological polar surface area (TPSA) is 69.0 Å². The van der Waals surface area contributed by atoms with Crippen LogP contribution < -0.4 is 4.74 Å². The van der Waals surface area contributed by atoms with Crippen molar-refractivity contribution in [2.24, 2.45) is 5.92 Å². The number of amides is 1. The summed E-state index contributed by atoms with van der Waals surface area (Å²) in [6, 6.07) is 17.0. The monoisotopic (exact) mass is 407 g/mol. The van der Waals surface area contributed by atoms with Gasteiger partial charge in [-0.2, -0.15) is 0 Å². The van der Waals surface area contributed by atoms with Crippen LogP contribution in [-0.4, -0.2) is 36.5 Å². The van der Waals surface area contributed by atoms with Gasteiger partial charge in [-0.1, -0.05) is 36.4 Å². The Labute approximate surface area is 175 Å². The number of furan rings is 1. The number of carbonyl (C=O) groups is 2. The third-order valence-corrected chi connectivity index (χ3v) is 5.35. The number of esters is 1. The van der Waals surface area contributed by atoms with Gasteiger partial charge < -0.3 is 18.8 Å². The van der Waals surface area contributed by atoms with Gasteiger partial charge in [-0.25, -0.2) is 0 Å². The molecule has 0 aliphatic carbocycles. The maximum atomic E-state index is 13.4. The van der Waals surface area contributed by atoms with E-state index in [1.165, 1.54) is 0 Å². The Balaban J connectivity index is 1.59. The fraction of sp³-hybridized carbons (Fsp3) is 0.333. The summed E-state index contributed by atoms with van der Waals surface area (Å²) in [7, 11) is 0. The Morgan fingerprint density at radius 1 is 1.10 bits per heavy atom. The number of hydrogen-bond acceptors (Lipinski definition) is 5. The van der Waals surface area contributed by atoms with Gasteiger partial charge in [-0.15, -0.1) is 0 Å². The number of hydrogen-bond donors (Lipinski definition) is 0. The SMILES string of the molecule is CCOC(=O)[C@H]1CCCN(C(=O)c2oc3ccccc3c2COc2ccccc2)C1. The van der Waals surface area contributed by atoms with Crippen molar-refractivity contribution in [2.75, 3.05) is 19.7 Å². The first-order chi connectivity index (χ1) is 14.7. The van der Waals surface area contributed by atoms with Crippen LogP contribution in [0, 0.1) is 5.92 Å². The number of likely N-dealkylation sites (tertiary alicyclic amines) is 1. The quantitative estimate of drug-likeness (QED) is 0.566. The summed E-state index contributed by atoms with van der Waals surface area (Å²) in [6.07, 6.45) is 1.48. The molecular formula is C24H25NO5. The van der Waals surface area contributed by atoms with Crippen LogP contribution in [0.15, 0.2) is 59.0 Å². The molecule has 1 aromatic heterocycles. The van der Waals surface area contributed by atoms with Gasteiger partial charge in [0.15, 0.2) is 5.76 Å². The highest BCUT2D eigenvalue weighted by atomic mass is 16.5. The Kier molecular flexibility index (Phi) is 6.02. The summed E-state index contributed by atoms with van der Waals surface area (Å²) in [5.41, 5.74) is 1.36. The van der Waals surface area contributed by atoms with E-state index in [0.717, 1.165) is 29.5 Å². The molecule has 1 saturated heterocycles. The zero-order chi connectivity index (χ0) is 20.9. The normalized spacial score (nSPS) is 16.4. The van der Waals surface area contributed by atoms with Crippen LogP contribution in [0.4, 0.5) is 0 Å². The predicted octanol–water partition coefficient (Wildman–Crippen LogP) is 4.43. The average Bonchev–Trinajstić information content (AvgIpc) is 3.16. The summed E-state index contributed by atoms with van der Waals surface area (Å²) in [4.78, 5) is 27.2. The third kappa shape index (κ3) is 4.17. The second kappa shape index (κ2) is 9.03. The van der Waals surface area contributed by atoms with Gasteiger partial charge in [0.25, 0.3) is 5.91 Å². The van der Waals surface area contributed by atoms with Crippen LogP contribution in [-0.2, 0) is 16.1 Å². The van der Waals surface area contributed by atoms with E-state index in [4.69, 9.17) is 13.9 Å². The molecule has 1 atom stereocenters. The Hall–Kier alpha value is -3.28. The molecule has 30 heavy (non-hydrogen) atoms. The Morgan fingerprint density at radius 2 is 1.87 bits per heavy atom. The molecule has 0 N–H and O–H groups in total. The second-order valence-corrected chi connectivity index (χ2v) is 7.35. The first-order valence-corrected chi connectivity index (χ1v) is 10.3. The fourth-order valence-electron chi connectivity index (χ4n) is 3.84. The van der Waals surface area contributed by atoms with Crippen molar-refractivity contribution in [3.8, 4) is 5.75 Å². The molecule has 6 heteroatoms. The molecule has 2 aromatic carbocycles. The molecule has 1 amide bonds. The van der Waals surface area contributed by atoms with Crippen LogP contribution >= 0.6 is 0 Å². The molecule has 1 aliphatic heterocycles. The number of benzene rings is 2. The van der Waals surface area contributed by atoms with Crippen molar-refractivity contribution in [3.05, 3.63) is 65.9 Å². The third-order valence-electron chi connectivity index (χ3n) is 5.35. The van der Waals surface area contributed by atoms with Crippen LogP contribution in [0.2, 0.25) is 0 Å². The molecule has 0 unspecified atom stereocenters. The number of para-hydroxylation sites is 2. The number of rotatable bonds is 6. The smallest absolute Gasteiger partial charge is 0.310 e. The second-order valence-electron chi connectivity index (χ2n) is 7.35. The maximum absolute atomic E-state index is 13.4. The Bertz CT molecular complexity index is 1030. The largest absolute Gasteiger partial charge is 0.489 e. The van der Waals surface area contributed by atoms with Crippen molar-refractivity contribution < 1.29 is 23.5 Å². The number of nitrogens with zero attached hydrogens (tertiary/aromatic N) is 1. The van der Waals surface area contributed by atoms with E-state index in [2.05, 4.69) is 0 Å². The first-order valence-electron chi connectivity index (χ1n) is 10.3. The predicted molar refractivity (Wildman–Crippen MR) is 112 cm³/mol.